The predicted octanol–water partition coefficient (Wildman–Crippen LogP) is 3.69. The van der Waals surface area contributed by atoms with E-state index in [4.69, 9.17) is 0 Å². The monoisotopic (exact) mass is 342 g/mol. The van der Waals surface area contributed by atoms with Gasteiger partial charge >= 0.3 is 5.97 Å². The molecule has 0 aliphatic heterocycles. The first kappa shape index (κ1) is 15.7. The summed E-state index contributed by atoms with van der Waals surface area (Å²) in [5, 5.41) is 16.7. The van der Waals surface area contributed by atoms with Crippen molar-refractivity contribution in [1.29, 1.82) is 0 Å². The maximum absolute atomic E-state index is 11.2. The second kappa shape index (κ2) is 6.60. The van der Waals surface area contributed by atoms with E-state index < -0.39 is 5.97 Å². The van der Waals surface area contributed by atoms with E-state index in [0.29, 0.717) is 5.69 Å². The minimum atomic E-state index is -1.07. The van der Waals surface area contributed by atoms with Crippen LogP contribution in [0, 0.1) is 0 Å². The number of benzene rings is 2. The summed E-state index contributed by atoms with van der Waals surface area (Å²) >= 11 is 0. The molecular weight excluding hydrogens is 328 g/mol. The van der Waals surface area contributed by atoms with Crippen LogP contribution in [0.1, 0.15) is 10.5 Å². The molecule has 4 rings (SSSR count). The van der Waals surface area contributed by atoms with Gasteiger partial charge in [-0.1, -0.05) is 41.6 Å². The SMILES string of the molecule is O=C(O)c1cnnn1-c1ccc(-c2ccccc2-c2ccncc2)cc1. The van der Waals surface area contributed by atoms with E-state index >= 15 is 0 Å². The van der Waals surface area contributed by atoms with E-state index in [2.05, 4.69) is 27.4 Å². The lowest BCUT2D eigenvalue weighted by atomic mass is 9.95. The topological polar surface area (TPSA) is 80.9 Å². The molecule has 6 nitrogen and oxygen atoms in total. The van der Waals surface area contributed by atoms with Crippen molar-refractivity contribution in [1.82, 2.24) is 20.0 Å². The summed E-state index contributed by atoms with van der Waals surface area (Å²) in [6.07, 6.45) is 4.77. The standard InChI is InChI=1S/C20H14N4O2/c25-20(26)19-13-22-23-24(19)16-7-5-14(6-8-16)17-3-1-2-4-18(17)15-9-11-21-12-10-15/h1-13H,(H,25,26). The first-order valence-electron chi connectivity index (χ1n) is 7.98. The summed E-state index contributed by atoms with van der Waals surface area (Å²) < 4.78 is 1.31. The van der Waals surface area contributed by atoms with Crippen molar-refractivity contribution < 1.29 is 9.90 Å². The Kier molecular flexibility index (Phi) is 3.99. The molecule has 0 fully saturated rings. The van der Waals surface area contributed by atoms with E-state index in [1.54, 1.807) is 12.4 Å². The number of carboxylic acids is 1. The van der Waals surface area contributed by atoms with Crippen LogP contribution in [0.15, 0.2) is 79.3 Å². The number of nitrogens with zero attached hydrogens (tertiary/aromatic N) is 4. The minimum absolute atomic E-state index is 0.0231. The lowest BCUT2D eigenvalue weighted by Gasteiger charge is -2.11. The Morgan fingerprint density at radius 2 is 1.46 bits per heavy atom. The van der Waals surface area contributed by atoms with E-state index in [-0.39, 0.29) is 5.69 Å². The van der Waals surface area contributed by atoms with Gasteiger partial charge in [-0.05, 0) is 46.5 Å². The third-order valence-electron chi connectivity index (χ3n) is 4.11. The summed E-state index contributed by atoms with van der Waals surface area (Å²) in [6.45, 7) is 0. The number of hydrogen-bond acceptors (Lipinski definition) is 4. The second-order valence-electron chi connectivity index (χ2n) is 5.66. The van der Waals surface area contributed by atoms with E-state index in [1.165, 1.54) is 10.9 Å². The first-order valence-corrected chi connectivity index (χ1v) is 7.98. The zero-order valence-electron chi connectivity index (χ0n) is 13.6. The normalized spacial score (nSPS) is 10.6. The van der Waals surface area contributed by atoms with Crippen LogP contribution < -0.4 is 0 Å². The molecule has 0 saturated heterocycles. The van der Waals surface area contributed by atoms with Crippen LogP contribution in [-0.4, -0.2) is 31.1 Å². The summed E-state index contributed by atoms with van der Waals surface area (Å²) in [4.78, 5) is 15.3. The van der Waals surface area contributed by atoms with Crippen molar-refractivity contribution in [3.63, 3.8) is 0 Å². The maximum Gasteiger partial charge on any atom is 0.356 e. The van der Waals surface area contributed by atoms with Gasteiger partial charge in [0.05, 0.1) is 11.9 Å². The van der Waals surface area contributed by atoms with Crippen molar-refractivity contribution >= 4 is 5.97 Å². The minimum Gasteiger partial charge on any atom is -0.476 e. The van der Waals surface area contributed by atoms with Crippen molar-refractivity contribution in [2.75, 3.05) is 0 Å². The molecular formula is C20H14N4O2. The van der Waals surface area contributed by atoms with Gasteiger partial charge in [0.1, 0.15) is 0 Å². The molecule has 2 heterocycles. The van der Waals surface area contributed by atoms with Gasteiger partial charge in [-0.25, -0.2) is 9.48 Å². The Hall–Kier alpha value is -3.80. The van der Waals surface area contributed by atoms with Gasteiger partial charge in [-0.2, -0.15) is 0 Å². The number of carbonyl (C=O) groups is 1. The van der Waals surface area contributed by atoms with Crippen molar-refractivity contribution in [2.45, 2.75) is 0 Å². The highest BCUT2D eigenvalue weighted by molar-refractivity contribution is 5.86. The second-order valence-corrected chi connectivity index (χ2v) is 5.66. The molecule has 0 unspecified atom stereocenters. The highest BCUT2D eigenvalue weighted by atomic mass is 16.4. The van der Waals surface area contributed by atoms with Crippen molar-refractivity contribution in [3.8, 4) is 27.9 Å². The Morgan fingerprint density at radius 3 is 2.08 bits per heavy atom. The molecule has 4 aromatic rings. The van der Waals surface area contributed by atoms with Gasteiger partial charge < -0.3 is 5.11 Å². The zero-order chi connectivity index (χ0) is 17.9. The number of aromatic nitrogens is 4. The lowest BCUT2D eigenvalue weighted by molar-refractivity contribution is 0.0687. The number of hydrogen-bond donors (Lipinski definition) is 1. The molecule has 0 atom stereocenters. The van der Waals surface area contributed by atoms with Crippen molar-refractivity contribution in [3.05, 3.63) is 84.9 Å². The fraction of sp³-hybridized carbons (Fsp3) is 0. The van der Waals surface area contributed by atoms with Crippen molar-refractivity contribution in [2.24, 2.45) is 0 Å². The highest BCUT2D eigenvalue weighted by Gasteiger charge is 2.13. The molecule has 0 bridgehead atoms. The first-order chi connectivity index (χ1) is 12.7. The molecule has 0 amide bonds. The predicted molar refractivity (Wildman–Crippen MR) is 97.0 cm³/mol. The Labute approximate surface area is 149 Å². The molecule has 2 aromatic heterocycles. The number of carboxylic acid groups (broad SMARTS) is 1. The molecule has 0 aliphatic rings. The Bertz CT molecular complexity index is 1060. The van der Waals surface area contributed by atoms with E-state index in [0.717, 1.165) is 22.3 Å². The summed E-state index contributed by atoms with van der Waals surface area (Å²) in [6, 6.07) is 19.6. The van der Waals surface area contributed by atoms with Crippen LogP contribution in [0.2, 0.25) is 0 Å². The number of aromatic carboxylic acids is 1. The molecule has 2 aromatic carbocycles. The number of rotatable bonds is 4. The van der Waals surface area contributed by atoms with E-state index in [9.17, 15) is 9.90 Å². The molecule has 0 saturated carbocycles. The van der Waals surface area contributed by atoms with Crippen LogP contribution in [0.3, 0.4) is 0 Å². The Balaban J connectivity index is 1.75. The molecule has 0 radical (unpaired) electrons. The fourth-order valence-electron chi connectivity index (χ4n) is 2.87. The molecule has 126 valence electrons. The Morgan fingerprint density at radius 1 is 0.846 bits per heavy atom. The van der Waals surface area contributed by atoms with Crippen LogP contribution in [0.25, 0.3) is 27.9 Å². The van der Waals surface area contributed by atoms with Gasteiger partial charge in [0.25, 0.3) is 0 Å². The summed E-state index contributed by atoms with van der Waals surface area (Å²) in [5.74, 6) is -1.07. The number of pyridine rings is 1. The molecule has 6 heteroatoms. The van der Waals surface area contributed by atoms with Crippen LogP contribution in [-0.2, 0) is 0 Å². The fourth-order valence-corrected chi connectivity index (χ4v) is 2.87. The highest BCUT2D eigenvalue weighted by Crippen LogP contribution is 2.32. The van der Waals surface area contributed by atoms with Gasteiger partial charge in [0.2, 0.25) is 0 Å². The lowest BCUT2D eigenvalue weighted by Crippen LogP contribution is -2.07. The molecule has 1 N–H and O–H groups in total. The average Bonchev–Trinajstić information content (AvgIpc) is 3.19. The summed E-state index contributed by atoms with van der Waals surface area (Å²) in [7, 11) is 0. The van der Waals surface area contributed by atoms with Gasteiger partial charge in [-0.15, -0.1) is 5.10 Å². The van der Waals surface area contributed by atoms with Crippen LogP contribution in [0.4, 0.5) is 0 Å². The smallest absolute Gasteiger partial charge is 0.356 e. The van der Waals surface area contributed by atoms with Crippen LogP contribution in [0.5, 0.6) is 0 Å². The zero-order valence-corrected chi connectivity index (χ0v) is 13.6. The third-order valence-corrected chi connectivity index (χ3v) is 4.11. The van der Waals surface area contributed by atoms with Gasteiger partial charge in [-0.3, -0.25) is 4.98 Å². The van der Waals surface area contributed by atoms with Gasteiger partial charge in [0.15, 0.2) is 5.69 Å². The largest absolute Gasteiger partial charge is 0.476 e. The quantitative estimate of drug-likeness (QED) is 0.612. The van der Waals surface area contributed by atoms with Gasteiger partial charge in [0, 0.05) is 12.4 Å². The third kappa shape index (κ3) is 2.84. The molecule has 0 aliphatic carbocycles. The summed E-state index contributed by atoms with van der Waals surface area (Å²) in [5.41, 5.74) is 4.97. The molecule has 0 spiro atoms. The molecule has 26 heavy (non-hydrogen) atoms. The maximum atomic E-state index is 11.2. The van der Waals surface area contributed by atoms with E-state index in [1.807, 2.05) is 48.5 Å². The average molecular weight is 342 g/mol. The van der Waals surface area contributed by atoms with Crippen LogP contribution >= 0.6 is 0 Å².